The average molecular weight is 471 g/mol. The Kier molecular flexibility index (Phi) is 7.63. The third kappa shape index (κ3) is 5.66. The minimum absolute atomic E-state index is 0.158. The highest BCUT2D eigenvalue weighted by Gasteiger charge is 2.32. The second-order valence-electron chi connectivity index (χ2n) is 7.22. The van der Waals surface area contributed by atoms with Gasteiger partial charge in [-0.15, -0.1) is 0 Å². The Morgan fingerprint density at radius 2 is 1.97 bits per heavy atom. The number of hydrogen-bond donors (Lipinski definition) is 1. The van der Waals surface area contributed by atoms with E-state index in [-0.39, 0.29) is 18.2 Å². The first-order valence-electron chi connectivity index (χ1n) is 9.61. The number of carbonyl (C=O) groups is 1. The standard InChI is InChI=1S/C21H24Cl2N2O4S/c1-29-20-7-3-2-5-15(20)12-24-21(26)16-6-4-10-25(13-16)30(27,28)14-17-8-9-18(22)11-19(17)23/h2-3,5,7-9,11,16H,4,6,10,12-14H2,1H3,(H,24,26)/t16-/m1/s1. The quantitative estimate of drug-likeness (QED) is 0.666. The molecule has 1 amide bonds. The number of ether oxygens (including phenoxy) is 1. The number of carbonyl (C=O) groups excluding carboxylic acids is 1. The molecule has 1 heterocycles. The van der Waals surface area contributed by atoms with Gasteiger partial charge >= 0.3 is 0 Å². The van der Waals surface area contributed by atoms with Gasteiger partial charge in [-0.2, -0.15) is 0 Å². The van der Waals surface area contributed by atoms with E-state index in [1.165, 1.54) is 10.4 Å². The number of piperidine rings is 1. The maximum atomic E-state index is 12.9. The minimum Gasteiger partial charge on any atom is -0.496 e. The molecule has 0 aliphatic carbocycles. The molecular formula is C21H24Cl2N2O4S. The number of nitrogens with one attached hydrogen (secondary N) is 1. The number of methoxy groups -OCH3 is 1. The normalized spacial score (nSPS) is 17.5. The van der Waals surface area contributed by atoms with E-state index in [2.05, 4.69) is 5.32 Å². The first kappa shape index (κ1) is 22.9. The molecule has 0 saturated carbocycles. The first-order valence-corrected chi connectivity index (χ1v) is 12.0. The molecule has 1 N–H and O–H groups in total. The van der Waals surface area contributed by atoms with Gasteiger partial charge in [-0.05, 0) is 36.6 Å². The van der Waals surface area contributed by atoms with Crippen LogP contribution in [-0.4, -0.2) is 38.8 Å². The monoisotopic (exact) mass is 470 g/mol. The molecule has 1 saturated heterocycles. The van der Waals surface area contributed by atoms with E-state index < -0.39 is 15.9 Å². The highest BCUT2D eigenvalue weighted by Crippen LogP contribution is 2.26. The van der Waals surface area contributed by atoms with Gasteiger partial charge in [0.25, 0.3) is 0 Å². The molecule has 1 aliphatic heterocycles. The van der Waals surface area contributed by atoms with Crippen molar-refractivity contribution in [1.82, 2.24) is 9.62 Å². The van der Waals surface area contributed by atoms with Gasteiger partial charge in [0, 0.05) is 35.2 Å². The average Bonchev–Trinajstić information content (AvgIpc) is 2.74. The zero-order valence-electron chi connectivity index (χ0n) is 16.6. The van der Waals surface area contributed by atoms with Crippen LogP contribution in [0.1, 0.15) is 24.0 Å². The molecule has 3 rings (SSSR count). The number of halogens is 2. The summed E-state index contributed by atoms with van der Waals surface area (Å²) in [5.41, 5.74) is 1.36. The SMILES string of the molecule is COc1ccccc1CNC(=O)[C@@H]1CCCN(S(=O)(=O)Cc2ccc(Cl)cc2Cl)C1. The van der Waals surface area contributed by atoms with Crippen LogP contribution in [0.4, 0.5) is 0 Å². The molecule has 0 aromatic heterocycles. The maximum absolute atomic E-state index is 12.9. The minimum atomic E-state index is -3.61. The highest BCUT2D eigenvalue weighted by molar-refractivity contribution is 7.88. The highest BCUT2D eigenvalue weighted by atomic mass is 35.5. The third-order valence-corrected chi connectivity index (χ3v) is 7.53. The summed E-state index contributed by atoms with van der Waals surface area (Å²) in [6, 6.07) is 12.2. The molecule has 162 valence electrons. The molecule has 6 nitrogen and oxygen atoms in total. The van der Waals surface area contributed by atoms with Crippen molar-refractivity contribution in [2.75, 3.05) is 20.2 Å². The number of sulfonamides is 1. The van der Waals surface area contributed by atoms with E-state index in [0.29, 0.717) is 47.3 Å². The lowest BCUT2D eigenvalue weighted by atomic mass is 9.98. The summed E-state index contributed by atoms with van der Waals surface area (Å²) in [6.07, 6.45) is 1.27. The summed E-state index contributed by atoms with van der Waals surface area (Å²) in [7, 11) is -2.03. The number of benzene rings is 2. The molecule has 0 unspecified atom stereocenters. The van der Waals surface area contributed by atoms with Crippen molar-refractivity contribution in [3.05, 3.63) is 63.6 Å². The van der Waals surface area contributed by atoms with Crippen LogP contribution in [0, 0.1) is 5.92 Å². The molecule has 1 atom stereocenters. The Hall–Kier alpha value is -1.80. The third-order valence-electron chi connectivity index (χ3n) is 5.15. The fraction of sp³-hybridized carbons (Fsp3) is 0.381. The van der Waals surface area contributed by atoms with Crippen LogP contribution < -0.4 is 10.1 Å². The van der Waals surface area contributed by atoms with Crippen molar-refractivity contribution in [3.63, 3.8) is 0 Å². The Bertz CT molecular complexity index is 1010. The second kappa shape index (κ2) is 10.0. The topological polar surface area (TPSA) is 75.7 Å². The molecule has 1 fully saturated rings. The molecule has 9 heteroatoms. The van der Waals surface area contributed by atoms with Gasteiger partial charge < -0.3 is 10.1 Å². The molecule has 2 aromatic rings. The van der Waals surface area contributed by atoms with Gasteiger partial charge in [-0.25, -0.2) is 12.7 Å². The summed E-state index contributed by atoms with van der Waals surface area (Å²) in [4.78, 5) is 12.7. The zero-order chi connectivity index (χ0) is 21.7. The Labute approximate surface area is 187 Å². The van der Waals surface area contributed by atoms with Crippen molar-refractivity contribution in [1.29, 1.82) is 0 Å². The summed E-state index contributed by atoms with van der Waals surface area (Å²) in [6.45, 7) is 0.877. The van der Waals surface area contributed by atoms with E-state index in [0.717, 1.165) is 5.56 Å². The van der Waals surface area contributed by atoms with Gasteiger partial charge in [-0.3, -0.25) is 4.79 Å². The molecule has 2 aromatic carbocycles. The molecule has 30 heavy (non-hydrogen) atoms. The summed E-state index contributed by atoms with van der Waals surface area (Å²) in [5.74, 6) is -0.0850. The van der Waals surface area contributed by atoms with E-state index in [4.69, 9.17) is 27.9 Å². The van der Waals surface area contributed by atoms with Crippen LogP contribution in [0.3, 0.4) is 0 Å². The Balaban J connectivity index is 1.63. The number of hydrogen-bond acceptors (Lipinski definition) is 4. The predicted octanol–water partition coefficient (Wildman–Crippen LogP) is 3.86. The Morgan fingerprint density at radius 3 is 2.70 bits per heavy atom. The molecular weight excluding hydrogens is 447 g/mol. The largest absolute Gasteiger partial charge is 0.496 e. The van der Waals surface area contributed by atoms with Gasteiger partial charge in [-0.1, -0.05) is 47.5 Å². The second-order valence-corrected chi connectivity index (χ2v) is 10.0. The summed E-state index contributed by atoms with van der Waals surface area (Å²) >= 11 is 12.0. The van der Waals surface area contributed by atoms with Crippen LogP contribution in [0.5, 0.6) is 5.75 Å². The van der Waals surface area contributed by atoms with E-state index in [1.807, 2.05) is 24.3 Å². The van der Waals surface area contributed by atoms with E-state index >= 15 is 0 Å². The fourth-order valence-electron chi connectivity index (χ4n) is 3.51. The number of nitrogens with zero attached hydrogens (tertiary/aromatic N) is 1. The number of para-hydroxylation sites is 1. The van der Waals surface area contributed by atoms with Crippen LogP contribution >= 0.6 is 23.2 Å². The Morgan fingerprint density at radius 1 is 1.20 bits per heavy atom. The number of rotatable bonds is 7. The van der Waals surface area contributed by atoms with Crippen LogP contribution in [0.2, 0.25) is 10.0 Å². The zero-order valence-corrected chi connectivity index (χ0v) is 18.9. The predicted molar refractivity (Wildman–Crippen MR) is 118 cm³/mol. The molecule has 0 bridgehead atoms. The fourth-order valence-corrected chi connectivity index (χ4v) is 5.71. The lowest BCUT2D eigenvalue weighted by Crippen LogP contribution is -2.45. The van der Waals surface area contributed by atoms with Crippen molar-refractivity contribution in [2.24, 2.45) is 5.92 Å². The van der Waals surface area contributed by atoms with Gasteiger partial charge in [0.15, 0.2) is 0 Å². The van der Waals surface area contributed by atoms with E-state index in [1.54, 1.807) is 19.2 Å². The summed E-state index contributed by atoms with van der Waals surface area (Å²) in [5, 5.41) is 3.67. The van der Waals surface area contributed by atoms with Gasteiger partial charge in [0.2, 0.25) is 15.9 Å². The summed E-state index contributed by atoms with van der Waals surface area (Å²) < 4.78 is 32.5. The lowest BCUT2D eigenvalue weighted by Gasteiger charge is -2.31. The molecule has 0 radical (unpaired) electrons. The van der Waals surface area contributed by atoms with Crippen molar-refractivity contribution < 1.29 is 17.9 Å². The van der Waals surface area contributed by atoms with Gasteiger partial charge in [0.1, 0.15) is 5.75 Å². The first-order chi connectivity index (χ1) is 14.3. The molecule has 0 spiro atoms. The van der Waals surface area contributed by atoms with Crippen LogP contribution in [0.25, 0.3) is 0 Å². The van der Waals surface area contributed by atoms with Gasteiger partial charge in [0.05, 0.1) is 18.8 Å². The van der Waals surface area contributed by atoms with Crippen LogP contribution in [-0.2, 0) is 27.1 Å². The van der Waals surface area contributed by atoms with Crippen LogP contribution in [0.15, 0.2) is 42.5 Å². The smallest absolute Gasteiger partial charge is 0.224 e. The van der Waals surface area contributed by atoms with E-state index in [9.17, 15) is 13.2 Å². The van der Waals surface area contributed by atoms with Crippen molar-refractivity contribution in [3.8, 4) is 5.75 Å². The van der Waals surface area contributed by atoms with Crippen molar-refractivity contribution >= 4 is 39.1 Å². The maximum Gasteiger partial charge on any atom is 0.224 e. The number of amides is 1. The van der Waals surface area contributed by atoms with Crippen molar-refractivity contribution in [2.45, 2.75) is 25.1 Å². The lowest BCUT2D eigenvalue weighted by molar-refractivity contribution is -0.126. The molecule has 1 aliphatic rings.